The Bertz CT molecular complexity index is 1290. The van der Waals surface area contributed by atoms with Crippen LogP contribution in [-0.4, -0.2) is 8.07 Å². The van der Waals surface area contributed by atoms with Crippen molar-refractivity contribution in [3.8, 4) is 11.1 Å². The Morgan fingerprint density at radius 2 is 1.63 bits per heavy atom. The van der Waals surface area contributed by atoms with E-state index in [0.717, 1.165) is 11.6 Å². The number of hydrogen-bond donors (Lipinski definition) is 0. The number of rotatable bonds is 2. The van der Waals surface area contributed by atoms with E-state index in [-0.39, 0.29) is 0 Å². The van der Waals surface area contributed by atoms with E-state index in [1.165, 1.54) is 49.8 Å². The van der Waals surface area contributed by atoms with Crippen molar-refractivity contribution in [3.63, 3.8) is 0 Å². The summed E-state index contributed by atoms with van der Waals surface area (Å²) in [5.41, 5.74) is 10.8. The van der Waals surface area contributed by atoms with Gasteiger partial charge in [0.1, 0.15) is 8.07 Å². The van der Waals surface area contributed by atoms with E-state index < -0.39 is 8.07 Å². The van der Waals surface area contributed by atoms with Crippen LogP contribution in [0.3, 0.4) is 0 Å². The molecule has 0 atom stereocenters. The van der Waals surface area contributed by atoms with Gasteiger partial charge in [-0.15, -0.1) is 0 Å². The molecule has 2 aromatic carbocycles. The second kappa shape index (κ2) is 7.25. The topological polar surface area (TPSA) is 0 Å². The summed E-state index contributed by atoms with van der Waals surface area (Å²) < 4.78 is 0. The van der Waals surface area contributed by atoms with Gasteiger partial charge in [-0.2, -0.15) is 0 Å². The predicted molar refractivity (Wildman–Crippen MR) is 138 cm³/mol. The van der Waals surface area contributed by atoms with Gasteiger partial charge >= 0.3 is 0 Å². The second-order valence-electron chi connectivity index (χ2n) is 9.16. The van der Waals surface area contributed by atoms with Crippen molar-refractivity contribution < 1.29 is 0 Å². The number of hydrogen-bond acceptors (Lipinski definition) is 0. The van der Waals surface area contributed by atoms with E-state index in [1.54, 1.807) is 10.4 Å². The number of allylic oxidation sites excluding steroid dienone is 6. The lowest BCUT2D eigenvalue weighted by Crippen LogP contribution is -2.59. The first-order chi connectivity index (χ1) is 14.3. The van der Waals surface area contributed by atoms with E-state index in [2.05, 4.69) is 103 Å². The van der Waals surface area contributed by atoms with Crippen LogP contribution in [0, 0.1) is 6.92 Å². The third-order valence-electron chi connectivity index (χ3n) is 6.88. The lowest BCUT2D eigenvalue weighted by Gasteiger charge is -2.23. The fourth-order valence-electron chi connectivity index (χ4n) is 5.58. The molecule has 0 saturated carbocycles. The van der Waals surface area contributed by atoms with Crippen LogP contribution in [0.1, 0.15) is 38.3 Å². The van der Waals surface area contributed by atoms with Gasteiger partial charge in [0.15, 0.2) is 0 Å². The summed E-state index contributed by atoms with van der Waals surface area (Å²) >= 11 is 0. The van der Waals surface area contributed by atoms with E-state index in [1.807, 2.05) is 0 Å². The van der Waals surface area contributed by atoms with Gasteiger partial charge in [-0.05, 0) is 93.9 Å². The lowest BCUT2D eigenvalue weighted by molar-refractivity contribution is 1.21. The summed E-state index contributed by atoms with van der Waals surface area (Å²) in [6, 6.07) is 9.05. The molecule has 0 aromatic heterocycles. The second-order valence-corrected chi connectivity index (χ2v) is 13.5. The Labute approximate surface area is 182 Å². The molecule has 0 unspecified atom stereocenters. The van der Waals surface area contributed by atoms with Gasteiger partial charge in [-0.1, -0.05) is 80.4 Å². The smallest absolute Gasteiger partial charge is 0.0949 e. The van der Waals surface area contributed by atoms with Crippen molar-refractivity contribution in [3.05, 3.63) is 87.4 Å². The van der Waals surface area contributed by atoms with E-state index in [0.29, 0.717) is 0 Å². The van der Waals surface area contributed by atoms with Crippen molar-refractivity contribution in [2.45, 2.75) is 47.2 Å². The van der Waals surface area contributed by atoms with Crippen molar-refractivity contribution in [2.75, 3.05) is 0 Å². The third kappa shape index (κ3) is 2.72. The zero-order chi connectivity index (χ0) is 21.8. The molecule has 1 aliphatic carbocycles. The maximum atomic E-state index is 4.67. The van der Waals surface area contributed by atoms with E-state index in [9.17, 15) is 0 Å². The van der Waals surface area contributed by atoms with E-state index in [4.69, 9.17) is 0 Å². The molecule has 30 heavy (non-hydrogen) atoms. The predicted octanol–water partition coefficient (Wildman–Crippen LogP) is 5.24. The average molecular weight is 409 g/mol. The molecule has 0 bridgehead atoms. The van der Waals surface area contributed by atoms with Crippen molar-refractivity contribution in [1.82, 2.24) is 0 Å². The highest BCUT2D eigenvalue weighted by Gasteiger charge is 2.40. The molecule has 0 amide bonds. The summed E-state index contributed by atoms with van der Waals surface area (Å²) in [5.74, 6) is 0. The Balaban J connectivity index is 2.34. The molecule has 152 valence electrons. The Morgan fingerprint density at radius 1 is 0.967 bits per heavy atom. The van der Waals surface area contributed by atoms with Crippen molar-refractivity contribution in [2.24, 2.45) is 0 Å². The van der Waals surface area contributed by atoms with Crippen LogP contribution in [-0.2, 0) is 0 Å². The summed E-state index contributed by atoms with van der Waals surface area (Å²) in [5, 5.41) is 5.60. The largest absolute Gasteiger partial charge is 0.114 e. The van der Waals surface area contributed by atoms with Gasteiger partial charge < -0.3 is 0 Å². The molecule has 1 heteroatoms. The average Bonchev–Trinajstić information content (AvgIpc) is 3.11. The summed E-state index contributed by atoms with van der Waals surface area (Å²) in [6.45, 7) is 22.9. The molecular formula is C29H32Si. The highest BCUT2D eigenvalue weighted by atomic mass is 28.3. The normalized spacial score (nSPS) is 19.3. The monoisotopic (exact) mass is 408 g/mol. The summed E-state index contributed by atoms with van der Waals surface area (Å²) in [7, 11) is -1.88. The maximum Gasteiger partial charge on any atom is 0.114 e. The zero-order valence-electron chi connectivity index (χ0n) is 19.2. The molecule has 1 aliphatic heterocycles. The van der Waals surface area contributed by atoms with Gasteiger partial charge in [-0.25, -0.2) is 0 Å². The van der Waals surface area contributed by atoms with Crippen LogP contribution in [0.2, 0.25) is 13.1 Å². The van der Waals surface area contributed by atoms with Crippen LogP contribution in [0.25, 0.3) is 29.4 Å². The minimum absolute atomic E-state index is 0.949. The molecule has 4 rings (SSSR count). The lowest BCUT2D eigenvalue weighted by atomic mass is 9.90. The van der Waals surface area contributed by atoms with Crippen LogP contribution in [0.4, 0.5) is 0 Å². The highest BCUT2D eigenvalue weighted by molar-refractivity contribution is 7.03. The fraction of sp³-hybridized carbons (Fsp3) is 0.241. The standard InChI is InChI=1S/C29H32Si/c1-9-13-22-18(3)17-19(4)26(22)28-21(6)23(14-10-2)20(5)27-24-15-11-12-16-25(24)30(7,8)29(27)28/h9-16H,4,6,17H2,1-3,5,7-8H3/b13-9-,14-10-,28-26-. The summed E-state index contributed by atoms with van der Waals surface area (Å²) in [4.78, 5) is 0. The first kappa shape index (κ1) is 20.6. The SMILES string of the molecule is C=C1CC(C)=C(/C=C\C)/C1=c1\c2c(c(C)c(/C=C\C)c1=C)-c1ccccc1[Si]2(C)C. The maximum absolute atomic E-state index is 4.67. The molecule has 1 heterocycles. The number of fused-ring (bicyclic) bond motifs is 3. The summed E-state index contributed by atoms with van der Waals surface area (Å²) in [6.07, 6.45) is 9.74. The van der Waals surface area contributed by atoms with Crippen LogP contribution < -0.4 is 20.8 Å². The third-order valence-corrected chi connectivity index (χ3v) is 10.4. The molecule has 0 fully saturated rings. The van der Waals surface area contributed by atoms with Gasteiger partial charge in [0.2, 0.25) is 0 Å². The van der Waals surface area contributed by atoms with Crippen molar-refractivity contribution >= 4 is 36.7 Å². The van der Waals surface area contributed by atoms with Crippen LogP contribution >= 0.6 is 0 Å². The zero-order valence-corrected chi connectivity index (χ0v) is 20.2. The quantitative estimate of drug-likeness (QED) is 0.596. The molecule has 2 aromatic rings. The van der Waals surface area contributed by atoms with Gasteiger partial charge in [0.05, 0.1) is 0 Å². The van der Waals surface area contributed by atoms with Crippen molar-refractivity contribution in [1.29, 1.82) is 0 Å². The first-order valence-corrected chi connectivity index (χ1v) is 13.9. The Kier molecular flexibility index (Phi) is 4.98. The molecule has 0 radical (unpaired) electrons. The highest BCUT2D eigenvalue weighted by Crippen LogP contribution is 2.37. The molecule has 0 spiro atoms. The molecule has 0 N–H and O–H groups in total. The first-order valence-electron chi connectivity index (χ1n) is 10.9. The van der Waals surface area contributed by atoms with Gasteiger partial charge in [0.25, 0.3) is 0 Å². The van der Waals surface area contributed by atoms with Crippen LogP contribution in [0.15, 0.2) is 65.8 Å². The Morgan fingerprint density at radius 3 is 2.30 bits per heavy atom. The minimum Gasteiger partial charge on any atom is -0.0949 e. The van der Waals surface area contributed by atoms with E-state index >= 15 is 0 Å². The Hall–Kier alpha value is -2.64. The van der Waals surface area contributed by atoms with Gasteiger partial charge in [-0.3, -0.25) is 0 Å². The van der Waals surface area contributed by atoms with Gasteiger partial charge in [0, 0.05) is 0 Å². The molecule has 0 nitrogen and oxygen atoms in total. The minimum atomic E-state index is -1.88. The molecule has 0 saturated heterocycles. The molecule has 2 aliphatic rings. The fourth-order valence-corrected chi connectivity index (χ4v) is 9.09. The molecular weight excluding hydrogens is 376 g/mol. The number of benzene rings is 2. The van der Waals surface area contributed by atoms with Crippen LogP contribution in [0.5, 0.6) is 0 Å².